The molecular weight excluding hydrogens is 380 g/mol. The molecule has 128 valence electrons. The average molecular weight is 399 g/mol. The smallest absolute Gasteiger partial charge is 0.142 e. The van der Waals surface area contributed by atoms with Gasteiger partial charge in [0.25, 0.3) is 0 Å². The minimum absolute atomic E-state index is 0.675. The largest absolute Gasteiger partial charge is 0.495 e. The summed E-state index contributed by atoms with van der Waals surface area (Å²) in [6.45, 7) is 3.90. The fourth-order valence-corrected chi connectivity index (χ4v) is 2.87. The van der Waals surface area contributed by atoms with Gasteiger partial charge in [0.1, 0.15) is 23.2 Å². The first kappa shape index (κ1) is 17.2. The fourth-order valence-electron chi connectivity index (χ4n) is 2.47. The van der Waals surface area contributed by atoms with E-state index in [1.54, 1.807) is 7.11 Å². The topological polar surface area (TPSA) is 59.1 Å². The molecule has 0 aliphatic carbocycles. The molecule has 3 rings (SSSR count). The number of methoxy groups -OCH3 is 1. The van der Waals surface area contributed by atoms with E-state index in [4.69, 9.17) is 4.74 Å². The summed E-state index contributed by atoms with van der Waals surface area (Å²) in [5, 5.41) is 6.62. The van der Waals surface area contributed by atoms with Crippen molar-refractivity contribution < 1.29 is 4.74 Å². The van der Waals surface area contributed by atoms with Crippen LogP contribution in [0.4, 0.5) is 23.0 Å². The lowest BCUT2D eigenvalue weighted by Crippen LogP contribution is -2.02. The van der Waals surface area contributed by atoms with Gasteiger partial charge in [0.15, 0.2) is 0 Å². The van der Waals surface area contributed by atoms with Gasteiger partial charge in [-0.1, -0.05) is 28.1 Å². The van der Waals surface area contributed by atoms with Crippen LogP contribution in [0.5, 0.6) is 5.75 Å². The Morgan fingerprint density at radius 2 is 1.68 bits per heavy atom. The maximum Gasteiger partial charge on any atom is 0.142 e. The highest BCUT2D eigenvalue weighted by atomic mass is 79.9. The highest BCUT2D eigenvalue weighted by molar-refractivity contribution is 9.10. The van der Waals surface area contributed by atoms with E-state index >= 15 is 0 Å². The molecule has 1 aromatic heterocycles. The number of hydrogen-bond donors (Lipinski definition) is 2. The van der Waals surface area contributed by atoms with Gasteiger partial charge in [-0.2, -0.15) is 0 Å². The van der Waals surface area contributed by atoms with Gasteiger partial charge in [0.2, 0.25) is 0 Å². The van der Waals surface area contributed by atoms with E-state index in [2.05, 4.69) is 36.5 Å². The lowest BCUT2D eigenvalue weighted by atomic mass is 10.2. The molecule has 0 saturated carbocycles. The predicted octanol–water partition coefficient (Wildman–Crippen LogP) is 5.35. The van der Waals surface area contributed by atoms with E-state index in [1.807, 2.05) is 62.4 Å². The van der Waals surface area contributed by atoms with E-state index in [-0.39, 0.29) is 0 Å². The number of anilines is 4. The van der Waals surface area contributed by atoms with Crippen molar-refractivity contribution in [3.05, 3.63) is 64.4 Å². The zero-order valence-corrected chi connectivity index (χ0v) is 15.9. The van der Waals surface area contributed by atoms with Crippen molar-refractivity contribution in [1.82, 2.24) is 9.97 Å². The molecule has 3 aromatic rings. The molecule has 6 heteroatoms. The normalized spacial score (nSPS) is 10.4. The standard InChI is InChI=1S/C19H19BrN4O/c1-12-7-8-17(25-3)16(9-12)24-19-11-18(21-13(2)22-19)23-15-6-4-5-14(20)10-15/h4-11H,1-3H3,(H2,21,22,23,24). The third-order valence-electron chi connectivity index (χ3n) is 3.55. The summed E-state index contributed by atoms with van der Waals surface area (Å²) in [6, 6.07) is 15.8. The van der Waals surface area contributed by atoms with Gasteiger partial charge < -0.3 is 15.4 Å². The monoisotopic (exact) mass is 398 g/mol. The molecule has 0 bridgehead atoms. The fraction of sp³-hybridized carbons (Fsp3) is 0.158. The molecule has 2 aromatic carbocycles. The zero-order chi connectivity index (χ0) is 17.8. The molecule has 0 amide bonds. The van der Waals surface area contributed by atoms with Crippen LogP contribution in [0.25, 0.3) is 0 Å². The number of halogens is 1. The van der Waals surface area contributed by atoms with Gasteiger partial charge in [-0.15, -0.1) is 0 Å². The summed E-state index contributed by atoms with van der Waals surface area (Å²) in [7, 11) is 1.65. The Morgan fingerprint density at radius 3 is 2.40 bits per heavy atom. The summed E-state index contributed by atoms with van der Waals surface area (Å²) in [6.07, 6.45) is 0. The Balaban J connectivity index is 1.88. The number of aryl methyl sites for hydroxylation is 2. The molecule has 0 saturated heterocycles. The molecule has 1 heterocycles. The molecule has 5 nitrogen and oxygen atoms in total. The Hall–Kier alpha value is -2.60. The van der Waals surface area contributed by atoms with E-state index in [0.29, 0.717) is 11.6 Å². The van der Waals surface area contributed by atoms with Crippen LogP contribution in [-0.2, 0) is 0 Å². The van der Waals surface area contributed by atoms with Crippen molar-refractivity contribution in [3.8, 4) is 5.75 Å². The van der Waals surface area contributed by atoms with Gasteiger partial charge >= 0.3 is 0 Å². The van der Waals surface area contributed by atoms with Crippen LogP contribution in [-0.4, -0.2) is 17.1 Å². The second-order valence-corrected chi connectivity index (χ2v) is 6.57. The van der Waals surface area contributed by atoms with Crippen LogP contribution in [0.1, 0.15) is 11.4 Å². The molecule has 0 unspecified atom stereocenters. The summed E-state index contributed by atoms with van der Waals surface area (Å²) < 4.78 is 6.42. The third kappa shape index (κ3) is 4.48. The molecule has 0 aliphatic rings. The molecule has 0 fully saturated rings. The Kier molecular flexibility index (Phi) is 5.19. The molecular formula is C19H19BrN4O. The zero-order valence-electron chi connectivity index (χ0n) is 14.3. The quantitative estimate of drug-likeness (QED) is 0.606. The molecule has 0 aliphatic heterocycles. The van der Waals surface area contributed by atoms with Crippen molar-refractivity contribution >= 4 is 38.9 Å². The minimum atomic E-state index is 0.675. The summed E-state index contributed by atoms with van der Waals surface area (Å²) >= 11 is 3.47. The van der Waals surface area contributed by atoms with Crippen LogP contribution in [0, 0.1) is 13.8 Å². The van der Waals surface area contributed by atoms with Crippen molar-refractivity contribution in [1.29, 1.82) is 0 Å². The number of benzene rings is 2. The van der Waals surface area contributed by atoms with E-state index in [1.165, 1.54) is 0 Å². The maximum atomic E-state index is 5.42. The second kappa shape index (κ2) is 7.53. The van der Waals surface area contributed by atoms with Crippen LogP contribution in [0.2, 0.25) is 0 Å². The highest BCUT2D eigenvalue weighted by Crippen LogP contribution is 2.29. The van der Waals surface area contributed by atoms with Crippen LogP contribution in [0.15, 0.2) is 53.0 Å². The van der Waals surface area contributed by atoms with Gasteiger partial charge in [-0.05, 0) is 49.7 Å². The molecule has 25 heavy (non-hydrogen) atoms. The van der Waals surface area contributed by atoms with Crippen molar-refractivity contribution in [3.63, 3.8) is 0 Å². The lowest BCUT2D eigenvalue weighted by molar-refractivity contribution is 0.416. The first-order valence-corrected chi connectivity index (χ1v) is 8.63. The number of nitrogens with one attached hydrogen (secondary N) is 2. The Bertz CT molecular complexity index is 898. The molecule has 0 atom stereocenters. The number of rotatable bonds is 5. The highest BCUT2D eigenvalue weighted by Gasteiger charge is 2.07. The number of hydrogen-bond acceptors (Lipinski definition) is 5. The van der Waals surface area contributed by atoms with Crippen molar-refractivity contribution in [2.24, 2.45) is 0 Å². The lowest BCUT2D eigenvalue weighted by Gasteiger charge is -2.13. The Morgan fingerprint density at radius 1 is 0.920 bits per heavy atom. The van der Waals surface area contributed by atoms with E-state index in [9.17, 15) is 0 Å². The van der Waals surface area contributed by atoms with Crippen LogP contribution >= 0.6 is 15.9 Å². The first-order chi connectivity index (χ1) is 12.0. The summed E-state index contributed by atoms with van der Waals surface area (Å²) in [5.41, 5.74) is 2.96. The van der Waals surface area contributed by atoms with Gasteiger partial charge in [-0.25, -0.2) is 9.97 Å². The second-order valence-electron chi connectivity index (χ2n) is 5.65. The third-order valence-corrected chi connectivity index (χ3v) is 4.05. The number of nitrogens with zero attached hydrogens (tertiary/aromatic N) is 2. The summed E-state index contributed by atoms with van der Waals surface area (Å²) in [5.74, 6) is 2.87. The van der Waals surface area contributed by atoms with Crippen LogP contribution < -0.4 is 15.4 Å². The minimum Gasteiger partial charge on any atom is -0.495 e. The van der Waals surface area contributed by atoms with Crippen molar-refractivity contribution in [2.45, 2.75) is 13.8 Å². The summed E-state index contributed by atoms with van der Waals surface area (Å²) in [4.78, 5) is 8.92. The predicted molar refractivity (Wildman–Crippen MR) is 105 cm³/mol. The Labute approximate surface area is 155 Å². The maximum absolute atomic E-state index is 5.42. The average Bonchev–Trinajstić information content (AvgIpc) is 2.54. The molecule has 0 radical (unpaired) electrons. The van der Waals surface area contributed by atoms with E-state index < -0.39 is 0 Å². The van der Waals surface area contributed by atoms with Gasteiger partial charge in [0.05, 0.1) is 12.8 Å². The molecule has 0 spiro atoms. The van der Waals surface area contributed by atoms with Gasteiger partial charge in [0, 0.05) is 16.2 Å². The first-order valence-electron chi connectivity index (χ1n) is 7.83. The molecule has 2 N–H and O–H groups in total. The number of aromatic nitrogens is 2. The number of ether oxygens (including phenoxy) is 1. The van der Waals surface area contributed by atoms with Gasteiger partial charge in [-0.3, -0.25) is 0 Å². The van der Waals surface area contributed by atoms with Crippen LogP contribution in [0.3, 0.4) is 0 Å². The SMILES string of the molecule is COc1ccc(C)cc1Nc1cc(Nc2cccc(Br)c2)nc(C)n1. The van der Waals surface area contributed by atoms with Crippen molar-refractivity contribution in [2.75, 3.05) is 17.7 Å². The van der Waals surface area contributed by atoms with E-state index in [0.717, 1.165) is 33.0 Å².